The molecule has 0 saturated carbocycles. The van der Waals surface area contributed by atoms with E-state index in [0.29, 0.717) is 22.4 Å². The van der Waals surface area contributed by atoms with Crippen LogP contribution in [0.5, 0.6) is 0 Å². The molecule has 0 aliphatic rings. The van der Waals surface area contributed by atoms with Gasteiger partial charge in [-0.2, -0.15) is 5.10 Å². The Kier molecular flexibility index (Phi) is 2.18. The molecule has 3 aromatic rings. The number of anilines is 2. The third-order valence-corrected chi connectivity index (χ3v) is 2.37. The van der Waals surface area contributed by atoms with Crippen molar-refractivity contribution in [1.82, 2.24) is 20.2 Å². The van der Waals surface area contributed by atoms with E-state index in [1.807, 2.05) is 0 Å². The summed E-state index contributed by atoms with van der Waals surface area (Å²) in [6.07, 6.45) is 4.65. The van der Waals surface area contributed by atoms with E-state index in [2.05, 4.69) is 25.5 Å². The average molecular weight is 229 g/mol. The zero-order chi connectivity index (χ0) is 11.7. The van der Waals surface area contributed by atoms with Gasteiger partial charge in [0.2, 0.25) is 0 Å². The summed E-state index contributed by atoms with van der Waals surface area (Å²) in [6.45, 7) is 0. The van der Waals surface area contributed by atoms with Crippen molar-refractivity contribution in [2.75, 3.05) is 5.32 Å². The Hall–Kier alpha value is -2.50. The molecule has 0 saturated heterocycles. The minimum atomic E-state index is -0.353. The second-order valence-corrected chi connectivity index (χ2v) is 3.47. The minimum absolute atomic E-state index is 0.353. The van der Waals surface area contributed by atoms with Crippen molar-refractivity contribution in [1.29, 1.82) is 0 Å². The molecule has 84 valence electrons. The summed E-state index contributed by atoms with van der Waals surface area (Å²) in [6, 6.07) is 4.74. The van der Waals surface area contributed by atoms with E-state index in [1.54, 1.807) is 24.5 Å². The van der Waals surface area contributed by atoms with Crippen LogP contribution in [0.1, 0.15) is 0 Å². The molecule has 0 atom stereocenters. The quantitative estimate of drug-likeness (QED) is 0.707. The van der Waals surface area contributed by atoms with Gasteiger partial charge in [0.1, 0.15) is 18.0 Å². The molecular weight excluding hydrogens is 221 g/mol. The van der Waals surface area contributed by atoms with Gasteiger partial charge in [0, 0.05) is 6.20 Å². The lowest BCUT2D eigenvalue weighted by molar-refractivity contribution is 0.639. The van der Waals surface area contributed by atoms with Crippen LogP contribution in [0.2, 0.25) is 0 Å². The molecule has 0 bridgehead atoms. The number of fused-ring (bicyclic) bond motifs is 1. The van der Waals surface area contributed by atoms with Crippen LogP contribution in [0.15, 0.2) is 36.9 Å². The molecule has 5 nitrogen and oxygen atoms in total. The monoisotopic (exact) mass is 229 g/mol. The van der Waals surface area contributed by atoms with Crippen LogP contribution in [0.4, 0.5) is 15.9 Å². The van der Waals surface area contributed by atoms with Crippen molar-refractivity contribution < 1.29 is 4.39 Å². The first-order valence-corrected chi connectivity index (χ1v) is 4.99. The number of H-pyrrole nitrogens is 1. The van der Waals surface area contributed by atoms with Gasteiger partial charge < -0.3 is 5.32 Å². The van der Waals surface area contributed by atoms with Gasteiger partial charge >= 0.3 is 0 Å². The van der Waals surface area contributed by atoms with Gasteiger partial charge in [0.25, 0.3) is 0 Å². The summed E-state index contributed by atoms with van der Waals surface area (Å²) >= 11 is 0. The number of nitrogens with zero attached hydrogens (tertiary/aromatic N) is 3. The van der Waals surface area contributed by atoms with Crippen LogP contribution in [0.3, 0.4) is 0 Å². The number of hydrogen-bond donors (Lipinski definition) is 2. The summed E-state index contributed by atoms with van der Waals surface area (Å²) in [7, 11) is 0. The maximum absolute atomic E-state index is 13.7. The van der Waals surface area contributed by atoms with E-state index in [4.69, 9.17) is 0 Å². The molecule has 0 amide bonds. The predicted octanol–water partition coefficient (Wildman–Crippen LogP) is 2.24. The van der Waals surface area contributed by atoms with Crippen LogP contribution < -0.4 is 5.32 Å². The Labute approximate surface area is 95.7 Å². The summed E-state index contributed by atoms with van der Waals surface area (Å²) in [5, 5.41) is 9.81. The van der Waals surface area contributed by atoms with Gasteiger partial charge in [-0.3, -0.25) is 5.10 Å². The standard InChI is InChI=1S/C11H8FN5/c12-8-2-1-3-9-10(8)11(14-6-13-9)17-7-4-15-16-5-7/h1-6H,(H,15,16)(H,13,14,17). The number of benzene rings is 1. The molecule has 2 heterocycles. The van der Waals surface area contributed by atoms with E-state index in [1.165, 1.54) is 12.4 Å². The maximum Gasteiger partial charge on any atom is 0.144 e. The third kappa shape index (κ3) is 1.69. The van der Waals surface area contributed by atoms with Crippen molar-refractivity contribution in [3.8, 4) is 0 Å². The molecule has 17 heavy (non-hydrogen) atoms. The molecule has 2 N–H and O–H groups in total. The zero-order valence-electron chi connectivity index (χ0n) is 8.68. The molecule has 0 unspecified atom stereocenters. The highest BCUT2D eigenvalue weighted by molar-refractivity contribution is 5.90. The normalized spacial score (nSPS) is 10.6. The molecule has 2 aromatic heterocycles. The van der Waals surface area contributed by atoms with E-state index in [0.717, 1.165) is 0 Å². The summed E-state index contributed by atoms with van der Waals surface area (Å²) in [5.74, 6) is 0.0728. The van der Waals surface area contributed by atoms with Gasteiger partial charge in [-0.15, -0.1) is 0 Å². The molecule has 1 aromatic carbocycles. The first kappa shape index (κ1) is 9.71. The van der Waals surface area contributed by atoms with E-state index >= 15 is 0 Å². The molecule has 0 aliphatic heterocycles. The topological polar surface area (TPSA) is 66.5 Å². The summed E-state index contributed by atoms with van der Waals surface area (Å²) in [4.78, 5) is 8.06. The van der Waals surface area contributed by atoms with Gasteiger partial charge in [0.15, 0.2) is 0 Å². The van der Waals surface area contributed by atoms with Crippen LogP contribution in [0.25, 0.3) is 10.9 Å². The average Bonchev–Trinajstić information content (AvgIpc) is 2.82. The number of hydrogen-bond acceptors (Lipinski definition) is 4. The minimum Gasteiger partial charge on any atom is -0.337 e. The Bertz CT molecular complexity index is 645. The highest BCUT2D eigenvalue weighted by Crippen LogP contribution is 2.24. The number of halogens is 1. The van der Waals surface area contributed by atoms with E-state index in [-0.39, 0.29) is 5.82 Å². The Morgan fingerprint density at radius 3 is 3.00 bits per heavy atom. The number of rotatable bonds is 2. The lowest BCUT2D eigenvalue weighted by Gasteiger charge is -2.06. The van der Waals surface area contributed by atoms with Gasteiger partial charge in [0.05, 0.1) is 22.8 Å². The number of aromatic amines is 1. The Morgan fingerprint density at radius 1 is 1.24 bits per heavy atom. The van der Waals surface area contributed by atoms with Crippen molar-refractivity contribution in [3.05, 3.63) is 42.7 Å². The van der Waals surface area contributed by atoms with Crippen LogP contribution >= 0.6 is 0 Å². The highest BCUT2D eigenvalue weighted by Gasteiger charge is 2.08. The molecule has 0 spiro atoms. The fourth-order valence-electron chi connectivity index (χ4n) is 1.62. The predicted molar refractivity (Wildman–Crippen MR) is 61.4 cm³/mol. The lowest BCUT2D eigenvalue weighted by atomic mass is 10.2. The van der Waals surface area contributed by atoms with Crippen molar-refractivity contribution in [2.24, 2.45) is 0 Å². The van der Waals surface area contributed by atoms with Crippen molar-refractivity contribution in [2.45, 2.75) is 0 Å². The Balaban J connectivity index is 2.16. The fourth-order valence-corrected chi connectivity index (χ4v) is 1.62. The summed E-state index contributed by atoms with van der Waals surface area (Å²) < 4.78 is 13.7. The third-order valence-electron chi connectivity index (χ3n) is 2.37. The molecular formula is C11H8FN5. The molecule has 0 radical (unpaired) electrons. The second-order valence-electron chi connectivity index (χ2n) is 3.47. The van der Waals surface area contributed by atoms with Crippen LogP contribution in [-0.2, 0) is 0 Å². The molecule has 6 heteroatoms. The van der Waals surface area contributed by atoms with Gasteiger partial charge in [-0.1, -0.05) is 6.07 Å². The first-order valence-electron chi connectivity index (χ1n) is 4.99. The van der Waals surface area contributed by atoms with E-state index < -0.39 is 0 Å². The molecule has 3 rings (SSSR count). The summed E-state index contributed by atoms with van der Waals surface area (Å²) in [5.41, 5.74) is 1.28. The SMILES string of the molecule is Fc1cccc2ncnc(Nc3cn[nH]c3)c12. The number of aromatic nitrogens is 4. The zero-order valence-corrected chi connectivity index (χ0v) is 8.68. The maximum atomic E-state index is 13.7. The van der Waals surface area contributed by atoms with Crippen LogP contribution in [-0.4, -0.2) is 20.2 Å². The van der Waals surface area contributed by atoms with Crippen molar-refractivity contribution >= 4 is 22.4 Å². The molecule has 0 aliphatic carbocycles. The lowest BCUT2D eigenvalue weighted by Crippen LogP contribution is -1.96. The number of nitrogens with one attached hydrogen (secondary N) is 2. The van der Waals surface area contributed by atoms with Crippen LogP contribution in [0, 0.1) is 5.82 Å². The van der Waals surface area contributed by atoms with Gasteiger partial charge in [-0.05, 0) is 12.1 Å². The van der Waals surface area contributed by atoms with E-state index in [9.17, 15) is 4.39 Å². The fraction of sp³-hybridized carbons (Fsp3) is 0. The van der Waals surface area contributed by atoms with Gasteiger partial charge in [-0.25, -0.2) is 14.4 Å². The van der Waals surface area contributed by atoms with Crippen molar-refractivity contribution in [3.63, 3.8) is 0 Å². The molecule has 0 fully saturated rings. The Morgan fingerprint density at radius 2 is 2.18 bits per heavy atom. The smallest absolute Gasteiger partial charge is 0.144 e. The highest BCUT2D eigenvalue weighted by atomic mass is 19.1. The first-order chi connectivity index (χ1) is 8.34. The largest absolute Gasteiger partial charge is 0.337 e. The second kappa shape index (κ2) is 3.82.